The van der Waals surface area contributed by atoms with Gasteiger partial charge in [-0.15, -0.1) is 0 Å². The maximum absolute atomic E-state index is 12.1. The van der Waals surface area contributed by atoms with Crippen LogP contribution in [0.1, 0.15) is 46.2 Å². The van der Waals surface area contributed by atoms with Gasteiger partial charge in [-0.3, -0.25) is 4.98 Å². The van der Waals surface area contributed by atoms with Crippen molar-refractivity contribution >= 4 is 21.9 Å². The molecule has 172 valence electrons. The van der Waals surface area contributed by atoms with E-state index in [1.807, 2.05) is 66.7 Å². The van der Waals surface area contributed by atoms with Crippen LogP contribution >= 0.6 is 15.9 Å². The van der Waals surface area contributed by atoms with E-state index in [0.29, 0.717) is 11.4 Å². The quantitative estimate of drug-likeness (QED) is 0.253. The Labute approximate surface area is 208 Å². The summed E-state index contributed by atoms with van der Waals surface area (Å²) in [6.07, 6.45) is 2.52. The van der Waals surface area contributed by atoms with Gasteiger partial charge in [-0.2, -0.15) is 0 Å². The van der Waals surface area contributed by atoms with E-state index in [9.17, 15) is 9.90 Å². The molecule has 0 spiro atoms. The molecule has 0 aliphatic heterocycles. The molecule has 0 unspecified atom stereocenters. The van der Waals surface area contributed by atoms with Crippen LogP contribution in [0, 0.1) is 0 Å². The number of ether oxygens (including phenoxy) is 1. The van der Waals surface area contributed by atoms with Gasteiger partial charge in [0.1, 0.15) is 12.4 Å². The fourth-order valence-electron chi connectivity index (χ4n) is 3.88. The van der Waals surface area contributed by atoms with Crippen LogP contribution in [0.15, 0.2) is 89.4 Å². The molecule has 0 aliphatic rings. The molecule has 1 N–H and O–H groups in total. The summed E-state index contributed by atoms with van der Waals surface area (Å²) in [6.45, 7) is 2.18. The molecule has 34 heavy (non-hydrogen) atoms. The molecule has 0 amide bonds. The lowest BCUT2D eigenvalue weighted by Crippen LogP contribution is -2.11. The summed E-state index contributed by atoms with van der Waals surface area (Å²) in [5.41, 5.74) is 5.71. The molecule has 5 heteroatoms. The minimum atomic E-state index is -1.01. The number of carboxylic acid groups (broad SMARTS) is 1. The molecule has 0 saturated carbocycles. The summed E-state index contributed by atoms with van der Waals surface area (Å²) < 4.78 is 6.92. The Morgan fingerprint density at radius 3 is 2.24 bits per heavy atom. The van der Waals surface area contributed by atoms with Crippen LogP contribution in [0.4, 0.5) is 0 Å². The van der Waals surface area contributed by atoms with E-state index in [2.05, 4.69) is 35.0 Å². The minimum absolute atomic E-state index is 0.0942. The maximum atomic E-state index is 12.1. The first kappa shape index (κ1) is 23.7. The van der Waals surface area contributed by atoms with Crippen LogP contribution in [0.5, 0.6) is 5.75 Å². The normalized spacial score (nSPS) is 10.8. The molecule has 0 radical (unpaired) electrons. The lowest BCUT2D eigenvalue weighted by Gasteiger charge is -2.15. The number of halogens is 1. The van der Waals surface area contributed by atoms with E-state index in [-0.39, 0.29) is 12.2 Å². The van der Waals surface area contributed by atoms with Crippen molar-refractivity contribution in [3.05, 3.63) is 117 Å². The smallest absolute Gasteiger partial charge is 0.337 e. The Balaban J connectivity index is 1.55. The predicted octanol–water partition coefficient (Wildman–Crippen LogP) is 7.33. The highest BCUT2D eigenvalue weighted by Gasteiger charge is 2.18. The SMILES string of the molecule is CCCc1nc(COc2ccc(Cc3ccccc3)cc2)c(C(=O)O)cc1-c1ccc(Br)cc1. The number of pyridine rings is 1. The largest absolute Gasteiger partial charge is 0.487 e. The highest BCUT2D eigenvalue weighted by atomic mass is 79.9. The van der Waals surface area contributed by atoms with Crippen molar-refractivity contribution in [1.29, 1.82) is 0 Å². The molecule has 3 aromatic carbocycles. The van der Waals surface area contributed by atoms with Gasteiger partial charge in [0.2, 0.25) is 0 Å². The van der Waals surface area contributed by atoms with Crippen LogP contribution < -0.4 is 4.74 Å². The Kier molecular flexibility index (Phi) is 7.76. The number of rotatable bonds is 9. The van der Waals surface area contributed by atoms with Gasteiger partial charge in [-0.05, 0) is 59.9 Å². The second kappa shape index (κ2) is 11.1. The van der Waals surface area contributed by atoms with Gasteiger partial charge in [-0.1, -0.05) is 83.9 Å². The van der Waals surface area contributed by atoms with Crippen LogP contribution in [-0.2, 0) is 19.4 Å². The molecule has 4 nitrogen and oxygen atoms in total. The standard InChI is InChI=1S/C29H26BrNO3/c1-2-6-27-25(22-11-13-23(30)14-12-22)18-26(29(32)33)28(31-27)19-34-24-15-9-21(10-16-24)17-20-7-4-3-5-8-20/h3-5,7-16,18H,2,6,17,19H2,1H3,(H,32,33). The van der Waals surface area contributed by atoms with Crippen LogP contribution in [0.25, 0.3) is 11.1 Å². The second-order valence-corrected chi connectivity index (χ2v) is 9.05. The molecular formula is C29H26BrNO3. The first-order chi connectivity index (χ1) is 16.5. The Bertz CT molecular complexity index is 1250. The first-order valence-electron chi connectivity index (χ1n) is 11.3. The third kappa shape index (κ3) is 5.91. The van der Waals surface area contributed by atoms with Crippen molar-refractivity contribution < 1.29 is 14.6 Å². The zero-order valence-corrected chi connectivity index (χ0v) is 20.6. The molecule has 0 saturated heterocycles. The molecule has 0 fully saturated rings. The summed E-state index contributed by atoms with van der Waals surface area (Å²) in [4.78, 5) is 16.8. The van der Waals surface area contributed by atoms with Crippen molar-refractivity contribution in [3.8, 4) is 16.9 Å². The summed E-state index contributed by atoms with van der Waals surface area (Å²) in [5.74, 6) is -0.324. The van der Waals surface area contributed by atoms with Crippen LogP contribution in [-0.4, -0.2) is 16.1 Å². The molecule has 1 heterocycles. The predicted molar refractivity (Wildman–Crippen MR) is 138 cm³/mol. The van der Waals surface area contributed by atoms with Crippen molar-refractivity contribution in [3.63, 3.8) is 0 Å². The van der Waals surface area contributed by atoms with Gasteiger partial charge < -0.3 is 9.84 Å². The number of hydrogen-bond donors (Lipinski definition) is 1. The van der Waals surface area contributed by atoms with Crippen molar-refractivity contribution in [2.45, 2.75) is 32.8 Å². The van der Waals surface area contributed by atoms with Crippen molar-refractivity contribution in [1.82, 2.24) is 4.98 Å². The molecule has 0 atom stereocenters. The van der Waals surface area contributed by atoms with Gasteiger partial charge in [-0.25, -0.2) is 4.79 Å². The van der Waals surface area contributed by atoms with E-state index in [0.717, 1.165) is 40.6 Å². The van der Waals surface area contributed by atoms with Crippen molar-refractivity contribution in [2.75, 3.05) is 0 Å². The highest BCUT2D eigenvalue weighted by molar-refractivity contribution is 9.10. The monoisotopic (exact) mass is 515 g/mol. The van der Waals surface area contributed by atoms with Gasteiger partial charge in [0.25, 0.3) is 0 Å². The third-order valence-electron chi connectivity index (χ3n) is 5.60. The van der Waals surface area contributed by atoms with E-state index < -0.39 is 5.97 Å². The van der Waals surface area contributed by atoms with E-state index in [4.69, 9.17) is 9.72 Å². The fraction of sp³-hybridized carbons (Fsp3) is 0.172. The second-order valence-electron chi connectivity index (χ2n) is 8.13. The summed E-state index contributed by atoms with van der Waals surface area (Å²) in [6, 6.07) is 27.8. The lowest BCUT2D eigenvalue weighted by molar-refractivity contribution is 0.0693. The number of nitrogens with zero attached hydrogens (tertiary/aromatic N) is 1. The number of hydrogen-bond acceptors (Lipinski definition) is 3. The van der Waals surface area contributed by atoms with Gasteiger partial charge in [0.05, 0.1) is 11.3 Å². The zero-order chi connectivity index (χ0) is 23.9. The number of aromatic carboxylic acids is 1. The molecular weight excluding hydrogens is 490 g/mol. The van der Waals surface area contributed by atoms with Gasteiger partial charge in [0, 0.05) is 15.7 Å². The Morgan fingerprint density at radius 1 is 0.912 bits per heavy atom. The summed E-state index contributed by atoms with van der Waals surface area (Å²) in [7, 11) is 0. The molecule has 4 rings (SSSR count). The Morgan fingerprint density at radius 2 is 1.59 bits per heavy atom. The van der Waals surface area contributed by atoms with Gasteiger partial charge >= 0.3 is 5.97 Å². The summed E-state index contributed by atoms with van der Waals surface area (Å²) in [5, 5.41) is 9.87. The zero-order valence-electron chi connectivity index (χ0n) is 19.0. The van der Waals surface area contributed by atoms with Crippen LogP contribution in [0.2, 0.25) is 0 Å². The van der Waals surface area contributed by atoms with E-state index in [1.54, 1.807) is 6.07 Å². The number of carboxylic acids is 1. The van der Waals surface area contributed by atoms with Crippen molar-refractivity contribution in [2.24, 2.45) is 0 Å². The average molecular weight is 516 g/mol. The number of benzene rings is 3. The van der Waals surface area contributed by atoms with Crippen LogP contribution in [0.3, 0.4) is 0 Å². The third-order valence-corrected chi connectivity index (χ3v) is 6.13. The average Bonchev–Trinajstić information content (AvgIpc) is 2.85. The number of carbonyl (C=O) groups is 1. The molecule has 4 aromatic rings. The van der Waals surface area contributed by atoms with E-state index in [1.165, 1.54) is 11.1 Å². The fourth-order valence-corrected chi connectivity index (χ4v) is 4.15. The molecule has 1 aromatic heterocycles. The number of aromatic nitrogens is 1. The maximum Gasteiger partial charge on any atom is 0.337 e. The highest BCUT2D eigenvalue weighted by Crippen LogP contribution is 2.28. The topological polar surface area (TPSA) is 59.4 Å². The molecule has 0 bridgehead atoms. The first-order valence-corrected chi connectivity index (χ1v) is 12.1. The molecule has 0 aliphatic carbocycles. The summed E-state index contributed by atoms with van der Waals surface area (Å²) >= 11 is 3.45. The number of aryl methyl sites for hydroxylation is 1. The minimum Gasteiger partial charge on any atom is -0.487 e. The van der Waals surface area contributed by atoms with Gasteiger partial charge in [0.15, 0.2) is 0 Å². The lowest BCUT2D eigenvalue weighted by atomic mass is 9.98. The van der Waals surface area contributed by atoms with E-state index >= 15 is 0 Å². The Hall–Kier alpha value is -3.44.